The summed E-state index contributed by atoms with van der Waals surface area (Å²) in [6, 6.07) is 6.79. The fourth-order valence-corrected chi connectivity index (χ4v) is 3.78. The van der Waals surface area contributed by atoms with Gasteiger partial charge in [0.05, 0.1) is 18.7 Å². The van der Waals surface area contributed by atoms with E-state index in [1.807, 2.05) is 0 Å². The molecule has 0 bridgehead atoms. The molecule has 1 aromatic heterocycles. The van der Waals surface area contributed by atoms with Crippen molar-refractivity contribution in [2.45, 2.75) is 38.0 Å². The Bertz CT molecular complexity index is 646. The molecule has 4 heteroatoms. The van der Waals surface area contributed by atoms with Crippen LogP contribution in [-0.2, 0) is 4.74 Å². The Morgan fingerprint density at radius 2 is 1.82 bits per heavy atom. The molecule has 1 saturated carbocycles. The molecule has 2 aromatic rings. The van der Waals surface area contributed by atoms with Gasteiger partial charge in [-0.1, -0.05) is 25.3 Å². The molecule has 1 aromatic carbocycles. The fraction of sp³-hybridized carbons (Fsp3) is 0.556. The number of hydrogen-bond donors (Lipinski definition) is 0. The SMILES string of the molecule is c1nc(N2CCOCC2)c2cc(C3CCCCC3)ccc2n1. The zero-order valence-electron chi connectivity index (χ0n) is 13.0. The third-order valence-electron chi connectivity index (χ3n) is 5.03. The summed E-state index contributed by atoms with van der Waals surface area (Å²) >= 11 is 0. The molecule has 2 fully saturated rings. The van der Waals surface area contributed by atoms with Gasteiger partial charge in [-0.05, 0) is 36.5 Å². The van der Waals surface area contributed by atoms with Crippen LogP contribution in [0.3, 0.4) is 0 Å². The summed E-state index contributed by atoms with van der Waals surface area (Å²) in [7, 11) is 0. The Labute approximate surface area is 131 Å². The van der Waals surface area contributed by atoms with Crippen molar-refractivity contribution in [3.8, 4) is 0 Å². The lowest BCUT2D eigenvalue weighted by molar-refractivity contribution is 0.122. The van der Waals surface area contributed by atoms with Gasteiger partial charge in [0.25, 0.3) is 0 Å². The molecule has 2 heterocycles. The second-order valence-electron chi connectivity index (χ2n) is 6.41. The largest absolute Gasteiger partial charge is 0.378 e. The molecular formula is C18H23N3O. The summed E-state index contributed by atoms with van der Waals surface area (Å²) in [5.74, 6) is 1.79. The summed E-state index contributed by atoms with van der Waals surface area (Å²) < 4.78 is 5.47. The summed E-state index contributed by atoms with van der Waals surface area (Å²) in [6.45, 7) is 3.40. The van der Waals surface area contributed by atoms with E-state index < -0.39 is 0 Å². The minimum absolute atomic E-state index is 0.718. The van der Waals surface area contributed by atoms with Gasteiger partial charge in [-0.15, -0.1) is 0 Å². The van der Waals surface area contributed by atoms with Crippen LogP contribution >= 0.6 is 0 Å². The summed E-state index contributed by atoms with van der Waals surface area (Å²) in [4.78, 5) is 11.4. The number of morpholine rings is 1. The first kappa shape index (κ1) is 13.9. The third-order valence-corrected chi connectivity index (χ3v) is 5.03. The minimum atomic E-state index is 0.718. The van der Waals surface area contributed by atoms with Gasteiger partial charge in [0.15, 0.2) is 0 Å². The van der Waals surface area contributed by atoms with Crippen molar-refractivity contribution < 1.29 is 4.74 Å². The molecule has 4 rings (SSSR count). The van der Waals surface area contributed by atoms with E-state index in [1.165, 1.54) is 43.1 Å². The van der Waals surface area contributed by atoms with Gasteiger partial charge >= 0.3 is 0 Å². The third kappa shape index (κ3) is 2.68. The number of ether oxygens (including phenoxy) is 1. The number of nitrogens with zero attached hydrogens (tertiary/aromatic N) is 3. The van der Waals surface area contributed by atoms with Crippen LogP contribution in [0.1, 0.15) is 43.6 Å². The lowest BCUT2D eigenvalue weighted by atomic mass is 9.84. The molecule has 0 N–H and O–H groups in total. The highest BCUT2D eigenvalue weighted by Gasteiger charge is 2.19. The monoisotopic (exact) mass is 297 g/mol. The summed E-state index contributed by atoms with van der Waals surface area (Å²) in [5, 5.41) is 1.20. The van der Waals surface area contributed by atoms with E-state index >= 15 is 0 Å². The molecule has 116 valence electrons. The molecule has 0 atom stereocenters. The maximum Gasteiger partial charge on any atom is 0.140 e. The van der Waals surface area contributed by atoms with E-state index in [2.05, 4.69) is 33.1 Å². The van der Waals surface area contributed by atoms with Crippen LogP contribution in [0, 0.1) is 0 Å². The topological polar surface area (TPSA) is 38.2 Å². The van der Waals surface area contributed by atoms with Gasteiger partial charge in [0, 0.05) is 18.5 Å². The molecule has 0 spiro atoms. The highest BCUT2D eigenvalue weighted by atomic mass is 16.5. The van der Waals surface area contributed by atoms with E-state index in [0.29, 0.717) is 0 Å². The maximum absolute atomic E-state index is 5.47. The van der Waals surface area contributed by atoms with Crippen molar-refractivity contribution >= 4 is 16.7 Å². The predicted molar refractivity (Wildman–Crippen MR) is 88.4 cm³/mol. The summed E-state index contributed by atoms with van der Waals surface area (Å²) in [6.07, 6.45) is 8.46. The van der Waals surface area contributed by atoms with Crippen molar-refractivity contribution in [2.75, 3.05) is 31.2 Å². The smallest absolute Gasteiger partial charge is 0.140 e. The molecule has 0 unspecified atom stereocenters. The van der Waals surface area contributed by atoms with Crippen LogP contribution < -0.4 is 4.90 Å². The summed E-state index contributed by atoms with van der Waals surface area (Å²) in [5.41, 5.74) is 2.52. The average molecular weight is 297 g/mol. The number of rotatable bonds is 2. The lowest BCUT2D eigenvalue weighted by Crippen LogP contribution is -2.36. The zero-order valence-corrected chi connectivity index (χ0v) is 13.0. The van der Waals surface area contributed by atoms with Gasteiger partial charge in [-0.2, -0.15) is 0 Å². The highest BCUT2D eigenvalue weighted by Crippen LogP contribution is 2.35. The van der Waals surface area contributed by atoms with Crippen LogP contribution in [0.4, 0.5) is 5.82 Å². The normalized spacial score (nSPS) is 20.5. The van der Waals surface area contributed by atoms with E-state index in [9.17, 15) is 0 Å². The standard InChI is InChI=1S/C18H23N3O/c1-2-4-14(5-3-1)15-6-7-17-16(12-15)18(20-13-19-17)21-8-10-22-11-9-21/h6-7,12-14H,1-5,8-11H2. The van der Waals surface area contributed by atoms with Crippen molar-refractivity contribution in [3.63, 3.8) is 0 Å². The predicted octanol–water partition coefficient (Wildman–Crippen LogP) is 3.51. The Morgan fingerprint density at radius 1 is 1.00 bits per heavy atom. The second-order valence-corrected chi connectivity index (χ2v) is 6.41. The van der Waals surface area contributed by atoms with E-state index in [-0.39, 0.29) is 0 Å². The number of aromatic nitrogens is 2. The number of benzene rings is 1. The van der Waals surface area contributed by atoms with Gasteiger partial charge in [0.1, 0.15) is 12.1 Å². The van der Waals surface area contributed by atoms with Crippen molar-refractivity contribution in [2.24, 2.45) is 0 Å². The maximum atomic E-state index is 5.47. The van der Waals surface area contributed by atoms with Crippen molar-refractivity contribution in [1.29, 1.82) is 0 Å². The van der Waals surface area contributed by atoms with Crippen LogP contribution in [0.25, 0.3) is 10.9 Å². The number of hydrogen-bond acceptors (Lipinski definition) is 4. The van der Waals surface area contributed by atoms with Crippen molar-refractivity contribution in [1.82, 2.24) is 9.97 Å². The van der Waals surface area contributed by atoms with Gasteiger partial charge in [-0.3, -0.25) is 0 Å². The molecule has 2 aliphatic rings. The quantitative estimate of drug-likeness (QED) is 0.850. The number of fused-ring (bicyclic) bond motifs is 1. The first-order valence-corrected chi connectivity index (χ1v) is 8.49. The Morgan fingerprint density at radius 3 is 2.64 bits per heavy atom. The van der Waals surface area contributed by atoms with Gasteiger partial charge < -0.3 is 9.64 Å². The fourth-order valence-electron chi connectivity index (χ4n) is 3.78. The molecule has 22 heavy (non-hydrogen) atoms. The van der Waals surface area contributed by atoms with Crippen molar-refractivity contribution in [3.05, 3.63) is 30.1 Å². The molecule has 1 aliphatic carbocycles. The number of anilines is 1. The van der Waals surface area contributed by atoms with E-state index in [4.69, 9.17) is 4.74 Å². The Kier molecular flexibility index (Phi) is 3.94. The Hall–Kier alpha value is -1.68. The molecule has 4 nitrogen and oxygen atoms in total. The molecule has 1 aliphatic heterocycles. The first-order chi connectivity index (χ1) is 10.9. The van der Waals surface area contributed by atoms with Crippen LogP contribution in [0.2, 0.25) is 0 Å². The van der Waals surface area contributed by atoms with Crippen LogP contribution in [0.15, 0.2) is 24.5 Å². The Balaban J connectivity index is 1.72. The first-order valence-electron chi connectivity index (χ1n) is 8.49. The highest BCUT2D eigenvalue weighted by molar-refractivity contribution is 5.90. The van der Waals surface area contributed by atoms with Crippen LogP contribution in [0.5, 0.6) is 0 Å². The van der Waals surface area contributed by atoms with Gasteiger partial charge in [0.2, 0.25) is 0 Å². The van der Waals surface area contributed by atoms with Gasteiger partial charge in [-0.25, -0.2) is 9.97 Å². The molecule has 1 saturated heterocycles. The molecular weight excluding hydrogens is 274 g/mol. The second kappa shape index (κ2) is 6.21. The minimum Gasteiger partial charge on any atom is -0.378 e. The lowest BCUT2D eigenvalue weighted by Gasteiger charge is -2.29. The van der Waals surface area contributed by atoms with E-state index in [1.54, 1.807) is 6.33 Å². The molecule has 0 radical (unpaired) electrons. The van der Waals surface area contributed by atoms with E-state index in [0.717, 1.165) is 43.6 Å². The average Bonchev–Trinajstić information content (AvgIpc) is 2.62. The zero-order chi connectivity index (χ0) is 14.8. The molecule has 0 amide bonds. The van der Waals surface area contributed by atoms with Crippen LogP contribution in [-0.4, -0.2) is 36.3 Å².